The maximum Gasteiger partial charge on any atom is 0.173 e. The minimum Gasteiger partial charge on any atom is -0.507 e. The van der Waals surface area contributed by atoms with Gasteiger partial charge in [-0.15, -0.1) is 0 Å². The third-order valence-electron chi connectivity index (χ3n) is 4.63. The van der Waals surface area contributed by atoms with Crippen LogP contribution in [0.2, 0.25) is 0 Å². The van der Waals surface area contributed by atoms with Crippen LogP contribution in [0.1, 0.15) is 5.56 Å². The number of rotatable bonds is 8. The van der Waals surface area contributed by atoms with Gasteiger partial charge in [-0.05, 0) is 42.0 Å². The van der Waals surface area contributed by atoms with Gasteiger partial charge < -0.3 is 19.3 Å². The molecule has 0 amide bonds. The Morgan fingerprint density at radius 2 is 1.63 bits per heavy atom. The smallest absolute Gasteiger partial charge is 0.173 e. The predicted molar refractivity (Wildman–Crippen MR) is 114 cm³/mol. The van der Waals surface area contributed by atoms with E-state index >= 15 is 0 Å². The first kappa shape index (κ1) is 19.4. The number of aromatic hydroxyl groups is 1. The van der Waals surface area contributed by atoms with Crippen molar-refractivity contribution >= 4 is 0 Å². The van der Waals surface area contributed by atoms with Gasteiger partial charge in [-0.1, -0.05) is 30.3 Å². The van der Waals surface area contributed by atoms with Crippen molar-refractivity contribution in [3.05, 3.63) is 84.6 Å². The zero-order chi connectivity index (χ0) is 20.8. The van der Waals surface area contributed by atoms with Crippen LogP contribution in [0.3, 0.4) is 0 Å². The van der Waals surface area contributed by atoms with Crippen molar-refractivity contribution in [3.63, 3.8) is 0 Å². The summed E-state index contributed by atoms with van der Waals surface area (Å²) in [7, 11) is 1.61. The predicted octanol–water partition coefficient (Wildman–Crippen LogP) is 5.20. The number of ether oxygens (including phenoxy) is 3. The lowest BCUT2D eigenvalue weighted by atomic mass is 10.1. The molecule has 0 radical (unpaired) electrons. The summed E-state index contributed by atoms with van der Waals surface area (Å²) in [5, 5.41) is 17.5. The van der Waals surface area contributed by atoms with E-state index < -0.39 is 0 Å². The normalized spacial score (nSPS) is 10.6. The molecule has 0 fully saturated rings. The molecule has 1 heterocycles. The number of phenolic OH excluding ortho intramolecular Hbond substituents is 1. The summed E-state index contributed by atoms with van der Waals surface area (Å²) in [5.74, 6) is 2.57. The van der Waals surface area contributed by atoms with Gasteiger partial charge in [0.25, 0.3) is 0 Å². The van der Waals surface area contributed by atoms with Gasteiger partial charge in [0.05, 0.1) is 19.9 Å². The molecule has 0 aliphatic heterocycles. The third kappa shape index (κ3) is 4.55. The van der Waals surface area contributed by atoms with Crippen molar-refractivity contribution in [2.24, 2.45) is 0 Å². The molecule has 4 rings (SSSR count). The van der Waals surface area contributed by atoms with Crippen molar-refractivity contribution in [3.8, 4) is 40.0 Å². The van der Waals surface area contributed by atoms with E-state index in [-0.39, 0.29) is 5.75 Å². The van der Waals surface area contributed by atoms with Gasteiger partial charge in [0, 0.05) is 18.1 Å². The van der Waals surface area contributed by atoms with E-state index in [9.17, 15) is 5.11 Å². The number of aromatic amines is 1. The lowest BCUT2D eigenvalue weighted by molar-refractivity contribution is 0.320. The Balaban J connectivity index is 1.45. The molecule has 6 heteroatoms. The highest BCUT2D eigenvalue weighted by molar-refractivity contribution is 5.73. The first-order valence-electron chi connectivity index (χ1n) is 9.58. The number of phenols is 1. The van der Waals surface area contributed by atoms with Crippen molar-refractivity contribution < 1.29 is 19.3 Å². The van der Waals surface area contributed by atoms with Crippen LogP contribution in [0.25, 0.3) is 11.3 Å². The highest BCUT2D eigenvalue weighted by atomic mass is 16.5. The monoisotopic (exact) mass is 402 g/mol. The molecule has 0 aliphatic rings. The summed E-state index contributed by atoms with van der Waals surface area (Å²) in [6.07, 6.45) is 2.37. The van der Waals surface area contributed by atoms with E-state index in [1.165, 1.54) is 5.56 Å². The molecule has 4 aromatic rings. The van der Waals surface area contributed by atoms with Crippen LogP contribution in [-0.2, 0) is 6.42 Å². The van der Waals surface area contributed by atoms with Gasteiger partial charge in [0.1, 0.15) is 28.7 Å². The quantitative estimate of drug-likeness (QED) is 0.423. The van der Waals surface area contributed by atoms with E-state index in [0.717, 1.165) is 12.2 Å². The molecule has 0 spiro atoms. The number of hydrogen-bond donors (Lipinski definition) is 2. The Hall–Kier alpha value is -3.93. The molecule has 0 saturated heterocycles. The van der Waals surface area contributed by atoms with E-state index in [2.05, 4.69) is 22.3 Å². The van der Waals surface area contributed by atoms with Crippen LogP contribution < -0.4 is 14.2 Å². The molecule has 152 valence electrons. The highest BCUT2D eigenvalue weighted by Gasteiger charge is 2.15. The summed E-state index contributed by atoms with van der Waals surface area (Å²) in [4.78, 5) is 0. The Morgan fingerprint density at radius 1 is 0.900 bits per heavy atom. The van der Waals surface area contributed by atoms with Crippen molar-refractivity contribution in [1.29, 1.82) is 0 Å². The van der Waals surface area contributed by atoms with E-state index in [0.29, 0.717) is 35.1 Å². The topological polar surface area (TPSA) is 76.6 Å². The molecule has 3 aromatic carbocycles. The van der Waals surface area contributed by atoms with E-state index in [1.807, 2.05) is 36.4 Å². The maximum absolute atomic E-state index is 10.5. The first-order valence-corrected chi connectivity index (χ1v) is 9.58. The minimum absolute atomic E-state index is 0.0797. The molecule has 30 heavy (non-hydrogen) atoms. The number of H-pyrrole nitrogens is 1. The number of methoxy groups -OCH3 is 1. The molecule has 2 N–H and O–H groups in total. The fraction of sp³-hybridized carbons (Fsp3) is 0.125. The lowest BCUT2D eigenvalue weighted by Gasteiger charge is -2.11. The fourth-order valence-electron chi connectivity index (χ4n) is 3.06. The number of benzene rings is 3. The zero-order valence-electron chi connectivity index (χ0n) is 16.5. The first-order chi connectivity index (χ1) is 14.7. The summed E-state index contributed by atoms with van der Waals surface area (Å²) < 4.78 is 16.9. The second-order valence-electron chi connectivity index (χ2n) is 6.65. The average Bonchev–Trinajstić information content (AvgIpc) is 3.23. The molecular formula is C24H22N2O4. The summed E-state index contributed by atoms with van der Waals surface area (Å²) >= 11 is 0. The molecule has 6 nitrogen and oxygen atoms in total. The Morgan fingerprint density at radius 3 is 2.37 bits per heavy atom. The fourth-order valence-corrected chi connectivity index (χ4v) is 3.06. The number of aromatic nitrogens is 2. The highest BCUT2D eigenvalue weighted by Crippen LogP contribution is 2.38. The standard InChI is InChI=1S/C24H22N2O4/c1-28-18-7-9-19(10-8-18)30-23-16-25-26-24(23)21-12-11-20(15-22(21)27)29-14-13-17-5-3-2-4-6-17/h2-12,15-16,27H,13-14H2,1H3,(H,25,26). The van der Waals surface area contributed by atoms with Crippen LogP contribution in [0.15, 0.2) is 79.0 Å². The molecule has 0 saturated carbocycles. The van der Waals surface area contributed by atoms with E-state index in [4.69, 9.17) is 14.2 Å². The average molecular weight is 402 g/mol. The lowest BCUT2D eigenvalue weighted by Crippen LogP contribution is -2.01. The molecule has 0 bridgehead atoms. The van der Waals surface area contributed by atoms with Crippen LogP contribution in [0.4, 0.5) is 0 Å². The van der Waals surface area contributed by atoms with Gasteiger partial charge in [0.15, 0.2) is 5.75 Å². The molecule has 1 aromatic heterocycles. The van der Waals surface area contributed by atoms with Gasteiger partial charge in [-0.2, -0.15) is 5.10 Å². The van der Waals surface area contributed by atoms with Crippen molar-refractivity contribution in [2.45, 2.75) is 6.42 Å². The Kier molecular flexibility index (Phi) is 5.85. The summed E-state index contributed by atoms with van der Waals surface area (Å²) in [6, 6.07) is 22.6. The third-order valence-corrected chi connectivity index (χ3v) is 4.63. The number of nitrogens with zero attached hydrogens (tertiary/aromatic N) is 1. The van der Waals surface area contributed by atoms with E-state index in [1.54, 1.807) is 37.6 Å². The SMILES string of the molecule is COc1ccc(Oc2cn[nH]c2-c2ccc(OCCc3ccccc3)cc2O)cc1. The maximum atomic E-state index is 10.5. The second kappa shape index (κ2) is 9.05. The van der Waals surface area contributed by atoms with Crippen LogP contribution in [-0.4, -0.2) is 29.0 Å². The summed E-state index contributed by atoms with van der Waals surface area (Å²) in [6.45, 7) is 0.526. The Labute approximate surface area is 174 Å². The van der Waals surface area contributed by atoms with Crippen molar-refractivity contribution in [1.82, 2.24) is 10.2 Å². The Bertz CT molecular complexity index is 1090. The summed E-state index contributed by atoms with van der Waals surface area (Å²) in [5.41, 5.74) is 2.36. The van der Waals surface area contributed by atoms with Gasteiger partial charge in [0.2, 0.25) is 0 Å². The largest absolute Gasteiger partial charge is 0.507 e. The second-order valence-corrected chi connectivity index (χ2v) is 6.65. The zero-order valence-corrected chi connectivity index (χ0v) is 16.5. The van der Waals surface area contributed by atoms with Gasteiger partial charge in [-0.3, -0.25) is 5.10 Å². The number of nitrogens with one attached hydrogen (secondary N) is 1. The molecular weight excluding hydrogens is 380 g/mol. The van der Waals surface area contributed by atoms with Gasteiger partial charge in [-0.25, -0.2) is 0 Å². The molecule has 0 atom stereocenters. The van der Waals surface area contributed by atoms with Crippen LogP contribution in [0, 0.1) is 0 Å². The van der Waals surface area contributed by atoms with Crippen LogP contribution >= 0.6 is 0 Å². The molecule has 0 unspecified atom stereocenters. The van der Waals surface area contributed by atoms with Crippen LogP contribution in [0.5, 0.6) is 28.7 Å². The van der Waals surface area contributed by atoms with Gasteiger partial charge >= 0.3 is 0 Å². The minimum atomic E-state index is 0.0797. The van der Waals surface area contributed by atoms with Crippen molar-refractivity contribution in [2.75, 3.05) is 13.7 Å². The molecule has 0 aliphatic carbocycles. The number of hydrogen-bond acceptors (Lipinski definition) is 5.